The van der Waals surface area contributed by atoms with Gasteiger partial charge in [0.2, 0.25) is 10.0 Å². The number of piperidine rings is 1. The summed E-state index contributed by atoms with van der Waals surface area (Å²) in [4.78, 5) is -0.550. The first-order valence-corrected chi connectivity index (χ1v) is 8.05. The third-order valence-corrected chi connectivity index (χ3v) is 5.03. The molecule has 0 spiro atoms. The van der Waals surface area contributed by atoms with Crippen molar-refractivity contribution in [3.05, 3.63) is 28.2 Å². The SMILES string of the molecule is Cl.O=S(=O)(N[C@@H]1CCCNC1)c1cc(Br)c(F)cc1F. The molecule has 1 heterocycles. The van der Waals surface area contributed by atoms with E-state index in [0.717, 1.165) is 19.0 Å². The minimum atomic E-state index is -3.99. The van der Waals surface area contributed by atoms with Crippen molar-refractivity contribution in [2.75, 3.05) is 13.1 Å². The van der Waals surface area contributed by atoms with Crippen LogP contribution in [-0.2, 0) is 10.0 Å². The van der Waals surface area contributed by atoms with E-state index in [2.05, 4.69) is 26.0 Å². The van der Waals surface area contributed by atoms with E-state index in [9.17, 15) is 17.2 Å². The standard InChI is InChI=1S/C11H13BrF2N2O2S.ClH/c12-8-4-11(10(14)5-9(8)13)19(17,18)16-7-2-1-3-15-6-7;/h4-5,7,15-16H,1-3,6H2;1H/t7-;/m1./s1. The number of nitrogens with one attached hydrogen (secondary N) is 2. The summed E-state index contributed by atoms with van der Waals surface area (Å²) in [5.74, 6) is -1.94. The van der Waals surface area contributed by atoms with Gasteiger partial charge in [-0.3, -0.25) is 0 Å². The summed E-state index contributed by atoms with van der Waals surface area (Å²) in [6, 6.07) is 1.21. The van der Waals surface area contributed by atoms with Gasteiger partial charge in [0, 0.05) is 18.7 Å². The monoisotopic (exact) mass is 390 g/mol. The lowest BCUT2D eigenvalue weighted by molar-refractivity contribution is 0.427. The molecule has 9 heteroatoms. The summed E-state index contributed by atoms with van der Waals surface area (Å²) in [6.07, 6.45) is 1.54. The summed E-state index contributed by atoms with van der Waals surface area (Å²) >= 11 is 2.85. The van der Waals surface area contributed by atoms with Gasteiger partial charge in [0.1, 0.15) is 16.5 Å². The van der Waals surface area contributed by atoms with Gasteiger partial charge >= 0.3 is 0 Å². The Morgan fingerprint density at radius 2 is 2.00 bits per heavy atom. The maximum atomic E-state index is 13.6. The van der Waals surface area contributed by atoms with Crippen molar-refractivity contribution in [1.29, 1.82) is 0 Å². The highest BCUT2D eigenvalue weighted by Gasteiger charge is 2.25. The molecule has 0 saturated carbocycles. The molecule has 114 valence electrons. The lowest BCUT2D eigenvalue weighted by Crippen LogP contribution is -2.45. The molecular weight excluding hydrogens is 378 g/mol. The molecule has 1 saturated heterocycles. The summed E-state index contributed by atoms with van der Waals surface area (Å²) in [7, 11) is -3.99. The molecule has 0 radical (unpaired) electrons. The van der Waals surface area contributed by atoms with Crippen molar-refractivity contribution in [2.24, 2.45) is 0 Å². The summed E-state index contributed by atoms with van der Waals surface area (Å²) in [5, 5.41) is 3.05. The van der Waals surface area contributed by atoms with Gasteiger partial charge in [-0.25, -0.2) is 21.9 Å². The summed E-state index contributed by atoms with van der Waals surface area (Å²) in [6.45, 7) is 1.35. The van der Waals surface area contributed by atoms with Gasteiger partial charge in [0.25, 0.3) is 0 Å². The van der Waals surface area contributed by atoms with Crippen LogP contribution in [0.5, 0.6) is 0 Å². The molecule has 1 aromatic rings. The molecular formula is C11H14BrClF2N2O2S. The van der Waals surface area contributed by atoms with E-state index in [1.165, 1.54) is 0 Å². The number of benzene rings is 1. The van der Waals surface area contributed by atoms with Crippen LogP contribution in [0.15, 0.2) is 21.5 Å². The maximum absolute atomic E-state index is 13.6. The van der Waals surface area contributed by atoms with Crippen molar-refractivity contribution in [1.82, 2.24) is 10.0 Å². The third-order valence-electron chi connectivity index (χ3n) is 2.88. The van der Waals surface area contributed by atoms with E-state index in [4.69, 9.17) is 0 Å². The zero-order valence-electron chi connectivity index (χ0n) is 10.3. The average molecular weight is 392 g/mol. The second-order valence-electron chi connectivity index (χ2n) is 4.36. The highest BCUT2D eigenvalue weighted by Crippen LogP contribution is 2.23. The average Bonchev–Trinajstić information content (AvgIpc) is 2.34. The molecule has 0 aliphatic carbocycles. The van der Waals surface area contributed by atoms with Crippen LogP contribution < -0.4 is 10.0 Å². The maximum Gasteiger partial charge on any atom is 0.243 e. The van der Waals surface area contributed by atoms with E-state index in [-0.39, 0.29) is 22.9 Å². The number of rotatable bonds is 3. The molecule has 1 fully saturated rings. The fraction of sp³-hybridized carbons (Fsp3) is 0.455. The number of halogens is 4. The summed E-state index contributed by atoms with van der Waals surface area (Å²) < 4.78 is 53.1. The Bertz CT molecular complexity index is 580. The summed E-state index contributed by atoms with van der Waals surface area (Å²) in [5.41, 5.74) is 0. The second-order valence-corrected chi connectivity index (χ2v) is 6.90. The molecule has 1 aromatic carbocycles. The van der Waals surface area contributed by atoms with E-state index in [1.54, 1.807) is 0 Å². The van der Waals surface area contributed by atoms with Crippen LogP contribution in [0.3, 0.4) is 0 Å². The van der Waals surface area contributed by atoms with Gasteiger partial charge < -0.3 is 5.32 Å². The third kappa shape index (κ3) is 4.11. The molecule has 1 aliphatic rings. The van der Waals surface area contributed by atoms with Crippen molar-refractivity contribution < 1.29 is 17.2 Å². The van der Waals surface area contributed by atoms with Crippen LogP contribution in [0.1, 0.15) is 12.8 Å². The van der Waals surface area contributed by atoms with Gasteiger partial charge in [0.15, 0.2) is 0 Å². The van der Waals surface area contributed by atoms with Gasteiger partial charge in [-0.15, -0.1) is 12.4 Å². The van der Waals surface area contributed by atoms with Crippen LogP contribution in [0.2, 0.25) is 0 Å². The Kier molecular flexibility index (Phi) is 6.33. The van der Waals surface area contributed by atoms with Crippen LogP contribution >= 0.6 is 28.3 Å². The lowest BCUT2D eigenvalue weighted by Gasteiger charge is -2.23. The van der Waals surface area contributed by atoms with Crippen LogP contribution in [0, 0.1) is 11.6 Å². The van der Waals surface area contributed by atoms with E-state index < -0.39 is 26.6 Å². The zero-order chi connectivity index (χ0) is 14.0. The molecule has 2 N–H and O–H groups in total. The zero-order valence-corrected chi connectivity index (χ0v) is 13.5. The predicted molar refractivity (Wildman–Crippen MR) is 77.5 cm³/mol. The van der Waals surface area contributed by atoms with E-state index in [1.807, 2.05) is 0 Å². The van der Waals surface area contributed by atoms with Crippen molar-refractivity contribution in [3.63, 3.8) is 0 Å². The normalized spacial score (nSPS) is 19.4. The Labute approximate surface area is 130 Å². The molecule has 20 heavy (non-hydrogen) atoms. The van der Waals surface area contributed by atoms with Crippen molar-refractivity contribution in [3.8, 4) is 0 Å². The van der Waals surface area contributed by atoms with Crippen LogP contribution in [0.25, 0.3) is 0 Å². The quantitative estimate of drug-likeness (QED) is 0.777. The first kappa shape index (κ1) is 17.8. The van der Waals surface area contributed by atoms with E-state index in [0.29, 0.717) is 19.0 Å². The highest BCUT2D eigenvalue weighted by molar-refractivity contribution is 9.10. The topological polar surface area (TPSA) is 58.2 Å². The van der Waals surface area contributed by atoms with Crippen molar-refractivity contribution >= 4 is 38.4 Å². The number of hydrogen-bond acceptors (Lipinski definition) is 3. The lowest BCUT2D eigenvalue weighted by atomic mass is 10.1. The fourth-order valence-corrected chi connectivity index (χ4v) is 3.80. The first-order valence-electron chi connectivity index (χ1n) is 5.78. The smallest absolute Gasteiger partial charge is 0.243 e. The van der Waals surface area contributed by atoms with Gasteiger partial charge in [-0.05, 0) is 41.4 Å². The highest BCUT2D eigenvalue weighted by atomic mass is 79.9. The molecule has 0 aromatic heterocycles. The minimum absolute atomic E-state index is 0. The van der Waals surface area contributed by atoms with Gasteiger partial charge in [-0.2, -0.15) is 0 Å². The molecule has 0 bridgehead atoms. The van der Waals surface area contributed by atoms with Gasteiger partial charge in [0.05, 0.1) is 4.47 Å². The number of hydrogen-bond donors (Lipinski definition) is 2. The first-order chi connectivity index (χ1) is 8.90. The molecule has 1 aliphatic heterocycles. The minimum Gasteiger partial charge on any atom is -0.315 e. The van der Waals surface area contributed by atoms with Crippen LogP contribution in [-0.4, -0.2) is 27.5 Å². The Balaban J connectivity index is 0.00000200. The Morgan fingerprint density at radius 3 is 2.60 bits per heavy atom. The van der Waals surface area contributed by atoms with Gasteiger partial charge in [-0.1, -0.05) is 0 Å². The molecule has 1 atom stereocenters. The second kappa shape index (κ2) is 7.13. The number of sulfonamides is 1. The van der Waals surface area contributed by atoms with E-state index >= 15 is 0 Å². The molecule has 0 amide bonds. The Hall–Kier alpha value is -0.280. The largest absolute Gasteiger partial charge is 0.315 e. The Morgan fingerprint density at radius 1 is 1.30 bits per heavy atom. The van der Waals surface area contributed by atoms with Crippen LogP contribution in [0.4, 0.5) is 8.78 Å². The predicted octanol–water partition coefficient (Wildman–Crippen LogP) is 2.18. The van der Waals surface area contributed by atoms with Crippen molar-refractivity contribution in [2.45, 2.75) is 23.8 Å². The fourth-order valence-electron chi connectivity index (χ4n) is 1.95. The molecule has 2 rings (SSSR count). The molecule has 4 nitrogen and oxygen atoms in total. The molecule has 0 unspecified atom stereocenters.